The van der Waals surface area contributed by atoms with E-state index in [1.165, 1.54) is 0 Å². The lowest BCUT2D eigenvalue weighted by Gasteiger charge is -2.27. The molecule has 0 spiro atoms. The van der Waals surface area contributed by atoms with Crippen LogP contribution in [0.15, 0.2) is 24.3 Å². The van der Waals surface area contributed by atoms with Crippen molar-refractivity contribution in [3.63, 3.8) is 0 Å². The minimum atomic E-state index is -0.949. The first-order valence-corrected chi connectivity index (χ1v) is 11.1. The molecule has 0 unspecified atom stereocenters. The van der Waals surface area contributed by atoms with Gasteiger partial charge in [0.2, 0.25) is 0 Å². The molecule has 1 aromatic heterocycles. The van der Waals surface area contributed by atoms with Gasteiger partial charge in [0.05, 0.1) is 26.8 Å². The Morgan fingerprint density at radius 1 is 1.03 bits per heavy atom. The Hall–Kier alpha value is -2.72. The van der Waals surface area contributed by atoms with Gasteiger partial charge in [-0.2, -0.15) is 0 Å². The number of carboxylic acid groups (broad SMARTS) is 1. The van der Waals surface area contributed by atoms with Crippen molar-refractivity contribution in [3.8, 4) is 5.75 Å². The molecule has 1 heterocycles. The number of carbonyl (C=O) groups excluding carboxylic acids is 2. The van der Waals surface area contributed by atoms with Gasteiger partial charge in [0, 0.05) is 19.2 Å². The maximum absolute atomic E-state index is 14.4. The Morgan fingerprint density at radius 2 is 1.69 bits per heavy atom. The van der Waals surface area contributed by atoms with Crippen LogP contribution in [0.1, 0.15) is 45.7 Å². The molecule has 0 radical (unpaired) electrons. The molecule has 0 atom stereocenters. The number of halogens is 3. The van der Waals surface area contributed by atoms with Crippen molar-refractivity contribution >= 4 is 40.7 Å². The standard InChI is InChI=1S/C21H21ClF2N2O5S/c22-18-6-5-17(32-18)20(28)26-8-7-25-19(27)13-9-15(24)16(10-14(13)23)31-12-3-1-11(2-4-12)21(29)30/h5-6,9-12H,1-4,7-8H2,(H,25,27)(H,26,28)(H,29,30)/t11-,12+. The van der Waals surface area contributed by atoms with Gasteiger partial charge in [-0.05, 0) is 43.9 Å². The molecule has 0 saturated heterocycles. The van der Waals surface area contributed by atoms with Crippen LogP contribution in [0.5, 0.6) is 5.75 Å². The lowest BCUT2D eigenvalue weighted by atomic mass is 9.87. The zero-order valence-electron chi connectivity index (χ0n) is 16.8. The molecule has 32 heavy (non-hydrogen) atoms. The fourth-order valence-electron chi connectivity index (χ4n) is 3.37. The molecule has 1 fully saturated rings. The van der Waals surface area contributed by atoms with Gasteiger partial charge in [-0.3, -0.25) is 14.4 Å². The largest absolute Gasteiger partial charge is 0.487 e. The lowest BCUT2D eigenvalue weighted by Crippen LogP contribution is -2.34. The highest BCUT2D eigenvalue weighted by molar-refractivity contribution is 7.17. The van der Waals surface area contributed by atoms with E-state index < -0.39 is 41.1 Å². The number of hydrogen-bond donors (Lipinski definition) is 3. The van der Waals surface area contributed by atoms with Gasteiger partial charge < -0.3 is 20.5 Å². The van der Waals surface area contributed by atoms with Crippen LogP contribution >= 0.6 is 22.9 Å². The number of carboxylic acids is 1. The smallest absolute Gasteiger partial charge is 0.306 e. The second-order valence-electron chi connectivity index (χ2n) is 7.31. The molecule has 3 rings (SSSR count). The molecule has 1 aliphatic rings. The van der Waals surface area contributed by atoms with Crippen LogP contribution in [0.3, 0.4) is 0 Å². The number of rotatable bonds is 8. The summed E-state index contributed by atoms with van der Waals surface area (Å²) in [6.07, 6.45) is 1.23. The van der Waals surface area contributed by atoms with Gasteiger partial charge in [0.15, 0.2) is 11.6 Å². The number of amides is 2. The number of hydrogen-bond acceptors (Lipinski definition) is 5. The average Bonchev–Trinajstić information content (AvgIpc) is 3.20. The summed E-state index contributed by atoms with van der Waals surface area (Å²) in [6.45, 7) is 0.0974. The second-order valence-corrected chi connectivity index (χ2v) is 9.02. The summed E-state index contributed by atoms with van der Waals surface area (Å²) in [4.78, 5) is 35.5. The maximum Gasteiger partial charge on any atom is 0.306 e. The normalized spacial score (nSPS) is 18.1. The maximum atomic E-state index is 14.4. The van der Waals surface area contributed by atoms with Crippen molar-refractivity contribution in [3.05, 3.63) is 50.7 Å². The molecule has 2 amide bonds. The van der Waals surface area contributed by atoms with Gasteiger partial charge in [0.25, 0.3) is 11.8 Å². The first-order valence-electron chi connectivity index (χ1n) is 9.95. The van der Waals surface area contributed by atoms with E-state index >= 15 is 0 Å². The van der Waals surface area contributed by atoms with Gasteiger partial charge >= 0.3 is 5.97 Å². The molecule has 1 aromatic carbocycles. The summed E-state index contributed by atoms with van der Waals surface area (Å²) in [5.41, 5.74) is -0.485. The first-order chi connectivity index (χ1) is 15.2. The topological polar surface area (TPSA) is 105 Å². The van der Waals surface area contributed by atoms with Crippen LogP contribution in [0.2, 0.25) is 4.34 Å². The van der Waals surface area contributed by atoms with Gasteiger partial charge in [0.1, 0.15) is 5.82 Å². The first kappa shape index (κ1) is 23.9. The molecule has 1 saturated carbocycles. The number of ether oxygens (including phenoxy) is 1. The average molecular weight is 487 g/mol. The molecule has 0 bridgehead atoms. The van der Waals surface area contributed by atoms with Gasteiger partial charge in [-0.15, -0.1) is 11.3 Å². The highest BCUT2D eigenvalue weighted by Gasteiger charge is 2.28. The minimum absolute atomic E-state index is 0.00973. The molecule has 7 nitrogen and oxygen atoms in total. The summed E-state index contributed by atoms with van der Waals surface area (Å²) >= 11 is 6.88. The van der Waals surface area contributed by atoms with E-state index in [9.17, 15) is 23.2 Å². The molecule has 0 aliphatic heterocycles. The number of benzene rings is 1. The summed E-state index contributed by atoms with van der Waals surface area (Å²) in [5.74, 6) is -4.66. The van der Waals surface area contributed by atoms with Crippen LogP contribution in [0.25, 0.3) is 0 Å². The zero-order chi connectivity index (χ0) is 23.3. The predicted molar refractivity (Wildman–Crippen MR) is 114 cm³/mol. The zero-order valence-corrected chi connectivity index (χ0v) is 18.4. The quantitative estimate of drug-likeness (QED) is 0.491. The van der Waals surface area contributed by atoms with Crippen molar-refractivity contribution in [2.75, 3.05) is 13.1 Å². The molecule has 172 valence electrons. The molecule has 1 aliphatic carbocycles. The van der Waals surface area contributed by atoms with E-state index in [0.717, 1.165) is 23.5 Å². The van der Waals surface area contributed by atoms with E-state index in [4.69, 9.17) is 21.4 Å². The Bertz CT molecular complexity index is 1010. The fraction of sp³-hybridized carbons (Fsp3) is 0.381. The number of carbonyl (C=O) groups is 3. The number of nitrogens with one attached hydrogen (secondary N) is 2. The van der Waals surface area contributed by atoms with Crippen LogP contribution < -0.4 is 15.4 Å². The molecule has 11 heteroatoms. The molecular weight excluding hydrogens is 466 g/mol. The van der Waals surface area contributed by atoms with Crippen molar-refractivity contribution in [2.24, 2.45) is 5.92 Å². The third-order valence-corrected chi connectivity index (χ3v) is 6.31. The third kappa shape index (κ3) is 6.17. The Balaban J connectivity index is 1.50. The third-order valence-electron chi connectivity index (χ3n) is 5.08. The van der Waals surface area contributed by atoms with Crippen molar-refractivity contribution < 1.29 is 33.0 Å². The summed E-state index contributed by atoms with van der Waals surface area (Å²) < 4.78 is 34.8. The van der Waals surface area contributed by atoms with Crippen molar-refractivity contribution in [1.82, 2.24) is 10.6 Å². The summed E-state index contributed by atoms with van der Waals surface area (Å²) in [6, 6.07) is 4.74. The number of aliphatic carboxylic acids is 1. The van der Waals surface area contributed by atoms with E-state index in [-0.39, 0.29) is 24.7 Å². The molecule has 3 N–H and O–H groups in total. The Morgan fingerprint density at radius 3 is 2.28 bits per heavy atom. The summed E-state index contributed by atoms with van der Waals surface area (Å²) in [7, 11) is 0. The number of thiophene rings is 1. The second kappa shape index (κ2) is 10.7. The highest BCUT2D eigenvalue weighted by Crippen LogP contribution is 2.30. The van der Waals surface area contributed by atoms with E-state index in [2.05, 4.69) is 10.6 Å². The van der Waals surface area contributed by atoms with Crippen molar-refractivity contribution in [2.45, 2.75) is 31.8 Å². The lowest BCUT2D eigenvalue weighted by molar-refractivity contribution is -0.143. The Kier molecular flexibility index (Phi) is 8.03. The van der Waals surface area contributed by atoms with E-state index in [1.807, 2.05) is 0 Å². The molecular formula is C21H21ClF2N2O5S. The van der Waals surface area contributed by atoms with Crippen molar-refractivity contribution in [1.29, 1.82) is 0 Å². The fourth-order valence-corrected chi connectivity index (χ4v) is 4.33. The van der Waals surface area contributed by atoms with Crippen LogP contribution in [0.4, 0.5) is 8.78 Å². The highest BCUT2D eigenvalue weighted by atomic mass is 35.5. The molecule has 2 aromatic rings. The van der Waals surface area contributed by atoms with Gasteiger partial charge in [-0.25, -0.2) is 8.78 Å². The SMILES string of the molecule is O=C(NCCNC(=O)c1cc(F)c(O[C@H]2CC[C@@H](C(=O)O)CC2)cc1F)c1ccc(Cl)s1. The summed E-state index contributed by atoms with van der Waals surface area (Å²) in [5, 5.41) is 14.0. The van der Waals surface area contributed by atoms with Crippen LogP contribution in [0, 0.1) is 17.6 Å². The van der Waals surface area contributed by atoms with E-state index in [0.29, 0.717) is 34.9 Å². The predicted octanol–water partition coefficient (Wildman–Crippen LogP) is 3.86. The van der Waals surface area contributed by atoms with Gasteiger partial charge in [-0.1, -0.05) is 11.6 Å². The van der Waals surface area contributed by atoms with E-state index in [1.54, 1.807) is 12.1 Å². The monoisotopic (exact) mass is 486 g/mol. The Labute approximate surface area is 191 Å². The van der Waals surface area contributed by atoms with Crippen LogP contribution in [-0.4, -0.2) is 42.1 Å². The van der Waals surface area contributed by atoms with Crippen LogP contribution in [-0.2, 0) is 4.79 Å². The minimum Gasteiger partial charge on any atom is -0.487 e.